The summed E-state index contributed by atoms with van der Waals surface area (Å²) in [4.78, 5) is 4.14. The van der Waals surface area contributed by atoms with E-state index in [1.54, 1.807) is 12.4 Å². The summed E-state index contributed by atoms with van der Waals surface area (Å²) in [6.07, 6.45) is 6.04. The highest BCUT2D eigenvalue weighted by Crippen LogP contribution is 2.48. The first-order chi connectivity index (χ1) is 9.34. The number of hydrogen-bond acceptors (Lipinski definition) is 5. The van der Waals surface area contributed by atoms with Crippen LogP contribution in [0.1, 0.15) is 24.5 Å². The molecule has 1 aliphatic heterocycles. The van der Waals surface area contributed by atoms with Crippen molar-refractivity contribution >= 4 is 16.6 Å². The summed E-state index contributed by atoms with van der Waals surface area (Å²) in [5, 5.41) is 10.6. The second-order valence-corrected chi connectivity index (χ2v) is 5.55. The minimum atomic E-state index is 0.464. The Morgan fingerprint density at radius 1 is 1.11 bits per heavy atom. The monoisotopic (exact) mass is 256 g/mol. The molecule has 2 atom stereocenters. The molecule has 2 bridgehead atoms. The molecule has 2 aliphatic rings. The van der Waals surface area contributed by atoms with Gasteiger partial charge in [0, 0.05) is 29.1 Å². The molecule has 0 radical (unpaired) electrons. The van der Waals surface area contributed by atoms with Crippen LogP contribution in [0, 0.1) is 11.8 Å². The van der Waals surface area contributed by atoms with E-state index >= 15 is 0 Å². The largest absolute Gasteiger partial charge is 0.382 e. The topological polar surface area (TPSA) is 73.9 Å². The maximum atomic E-state index is 5.90. The van der Waals surface area contributed by atoms with E-state index in [1.165, 1.54) is 12.8 Å². The van der Waals surface area contributed by atoms with Crippen LogP contribution in [0.3, 0.4) is 0 Å². The van der Waals surface area contributed by atoms with E-state index in [9.17, 15) is 0 Å². The van der Waals surface area contributed by atoms with Crippen LogP contribution in [0.15, 0.2) is 18.5 Å². The summed E-state index contributed by atoms with van der Waals surface area (Å²) < 4.78 is 5.66. The molecule has 2 unspecified atom stereocenters. The fourth-order valence-electron chi connectivity index (χ4n) is 3.65. The quantitative estimate of drug-likeness (QED) is 0.841. The highest BCUT2D eigenvalue weighted by molar-refractivity contribution is 5.91. The number of rotatable bonds is 1. The smallest absolute Gasteiger partial charge is 0.155 e. The number of fused-ring (bicyclic) bond motifs is 3. The summed E-state index contributed by atoms with van der Waals surface area (Å²) in [7, 11) is 0. The lowest BCUT2D eigenvalue weighted by atomic mass is 9.84. The zero-order chi connectivity index (χ0) is 12.8. The molecule has 1 saturated heterocycles. The summed E-state index contributed by atoms with van der Waals surface area (Å²) >= 11 is 0. The van der Waals surface area contributed by atoms with Gasteiger partial charge in [-0.05, 0) is 30.7 Å². The molecule has 2 aromatic rings. The summed E-state index contributed by atoms with van der Waals surface area (Å²) in [6.45, 7) is 1.69. The van der Waals surface area contributed by atoms with Crippen molar-refractivity contribution in [2.75, 3.05) is 18.9 Å². The first-order valence-corrected chi connectivity index (χ1v) is 6.78. The van der Waals surface area contributed by atoms with Gasteiger partial charge < -0.3 is 10.5 Å². The van der Waals surface area contributed by atoms with E-state index in [0.29, 0.717) is 23.6 Å². The number of nitrogens with two attached hydrogens (primary N) is 1. The number of anilines is 1. The van der Waals surface area contributed by atoms with E-state index in [0.717, 1.165) is 29.7 Å². The van der Waals surface area contributed by atoms with E-state index in [4.69, 9.17) is 10.5 Å². The second kappa shape index (κ2) is 4.13. The van der Waals surface area contributed by atoms with Gasteiger partial charge in [-0.15, -0.1) is 5.10 Å². The number of pyridine rings is 1. The lowest BCUT2D eigenvalue weighted by molar-refractivity contribution is 0.0313. The summed E-state index contributed by atoms with van der Waals surface area (Å²) in [5.41, 5.74) is 6.99. The van der Waals surface area contributed by atoms with Gasteiger partial charge in [-0.2, -0.15) is 5.10 Å². The maximum Gasteiger partial charge on any atom is 0.155 e. The number of ether oxygens (including phenoxy) is 1. The van der Waals surface area contributed by atoms with Crippen LogP contribution in [-0.2, 0) is 4.74 Å². The lowest BCUT2D eigenvalue weighted by Gasteiger charge is -2.30. The molecule has 0 aromatic carbocycles. The number of nitrogen functional groups attached to an aromatic ring is 1. The van der Waals surface area contributed by atoms with Crippen molar-refractivity contribution in [1.82, 2.24) is 15.2 Å². The molecule has 98 valence electrons. The van der Waals surface area contributed by atoms with Gasteiger partial charge in [0.2, 0.25) is 0 Å². The minimum absolute atomic E-state index is 0.464. The fraction of sp³-hybridized carbons (Fsp3) is 0.500. The highest BCUT2D eigenvalue weighted by atomic mass is 16.5. The molecule has 2 N–H and O–H groups in total. The Balaban J connectivity index is 1.90. The lowest BCUT2D eigenvalue weighted by Crippen LogP contribution is -2.28. The first-order valence-electron chi connectivity index (χ1n) is 6.78. The molecule has 1 aliphatic carbocycles. The van der Waals surface area contributed by atoms with Crippen LogP contribution in [0.25, 0.3) is 10.8 Å². The van der Waals surface area contributed by atoms with Crippen LogP contribution in [-0.4, -0.2) is 28.4 Å². The van der Waals surface area contributed by atoms with Crippen molar-refractivity contribution in [1.29, 1.82) is 0 Å². The van der Waals surface area contributed by atoms with Crippen LogP contribution < -0.4 is 5.73 Å². The van der Waals surface area contributed by atoms with Crippen LogP contribution in [0.2, 0.25) is 0 Å². The Bertz CT molecular complexity index is 614. The minimum Gasteiger partial charge on any atom is -0.382 e. The third-order valence-electron chi connectivity index (χ3n) is 4.54. The fourth-order valence-corrected chi connectivity index (χ4v) is 3.65. The average molecular weight is 256 g/mol. The summed E-state index contributed by atoms with van der Waals surface area (Å²) in [5.74, 6) is 2.08. The van der Waals surface area contributed by atoms with Crippen LogP contribution in [0.5, 0.6) is 0 Å². The summed E-state index contributed by atoms with van der Waals surface area (Å²) in [6, 6.07) is 2.00. The van der Waals surface area contributed by atoms with Crippen molar-refractivity contribution in [2.45, 2.75) is 18.8 Å². The first kappa shape index (κ1) is 11.1. The third kappa shape index (κ3) is 1.61. The molecule has 5 nitrogen and oxygen atoms in total. The SMILES string of the molecule is Nc1nnc(C2C3CCC2COC3)c2ccncc12. The zero-order valence-electron chi connectivity index (χ0n) is 10.6. The second-order valence-electron chi connectivity index (χ2n) is 5.55. The van der Waals surface area contributed by atoms with Gasteiger partial charge >= 0.3 is 0 Å². The van der Waals surface area contributed by atoms with Crippen molar-refractivity contribution < 1.29 is 4.74 Å². The number of hydrogen-bond donors (Lipinski definition) is 1. The maximum absolute atomic E-state index is 5.90. The van der Waals surface area contributed by atoms with E-state index in [-0.39, 0.29) is 0 Å². The average Bonchev–Trinajstić information content (AvgIpc) is 2.69. The van der Waals surface area contributed by atoms with Gasteiger partial charge in [-0.3, -0.25) is 4.98 Å². The van der Waals surface area contributed by atoms with Gasteiger partial charge in [-0.1, -0.05) is 0 Å². The Morgan fingerprint density at radius 2 is 1.89 bits per heavy atom. The standard InChI is InChI=1S/C14H16N4O/c15-14-11-5-16-4-3-10(11)13(17-18-14)12-8-1-2-9(12)7-19-6-8/h3-5,8-9,12H,1-2,6-7H2,(H2,15,18). The van der Waals surface area contributed by atoms with Crippen molar-refractivity contribution in [3.63, 3.8) is 0 Å². The van der Waals surface area contributed by atoms with E-state index < -0.39 is 0 Å². The molecule has 4 rings (SSSR count). The van der Waals surface area contributed by atoms with Crippen molar-refractivity contribution in [3.8, 4) is 0 Å². The van der Waals surface area contributed by atoms with Crippen molar-refractivity contribution in [3.05, 3.63) is 24.2 Å². The predicted molar refractivity (Wildman–Crippen MR) is 71.5 cm³/mol. The number of aromatic nitrogens is 3. The van der Waals surface area contributed by atoms with Gasteiger partial charge in [0.05, 0.1) is 18.9 Å². The highest BCUT2D eigenvalue weighted by Gasteiger charge is 2.42. The normalized spacial score (nSPS) is 29.8. The molecule has 0 amide bonds. The molecule has 1 saturated carbocycles. The Labute approximate surface area is 111 Å². The predicted octanol–water partition coefficient (Wildman–Crippen LogP) is 1.75. The third-order valence-corrected chi connectivity index (χ3v) is 4.54. The molecule has 3 heterocycles. The Hall–Kier alpha value is -1.75. The van der Waals surface area contributed by atoms with Gasteiger partial charge in [0.15, 0.2) is 5.82 Å². The van der Waals surface area contributed by atoms with E-state index in [1.807, 2.05) is 6.07 Å². The molecule has 19 heavy (non-hydrogen) atoms. The van der Waals surface area contributed by atoms with E-state index in [2.05, 4.69) is 15.2 Å². The van der Waals surface area contributed by atoms with Crippen molar-refractivity contribution in [2.24, 2.45) is 11.8 Å². The molecule has 2 fully saturated rings. The Kier molecular flexibility index (Phi) is 2.41. The Morgan fingerprint density at radius 3 is 2.68 bits per heavy atom. The molecule has 2 aromatic heterocycles. The molecule has 0 spiro atoms. The van der Waals surface area contributed by atoms with Gasteiger partial charge in [0.1, 0.15) is 0 Å². The zero-order valence-corrected chi connectivity index (χ0v) is 10.6. The molecule has 5 heteroatoms. The van der Waals surface area contributed by atoms with Gasteiger partial charge in [-0.25, -0.2) is 0 Å². The van der Waals surface area contributed by atoms with Crippen LogP contribution >= 0.6 is 0 Å². The molecular weight excluding hydrogens is 240 g/mol. The number of nitrogens with zero attached hydrogens (tertiary/aromatic N) is 3. The molecular formula is C14H16N4O. The van der Waals surface area contributed by atoms with Crippen LogP contribution in [0.4, 0.5) is 5.82 Å². The van der Waals surface area contributed by atoms with Gasteiger partial charge in [0.25, 0.3) is 0 Å².